The Labute approximate surface area is 90.1 Å². The maximum atomic E-state index is 11.2. The molecular weight excluding hydrogens is 188 g/mol. The zero-order chi connectivity index (χ0) is 10.7. The van der Waals surface area contributed by atoms with Crippen LogP contribution in [0.5, 0.6) is 0 Å². The zero-order valence-electron chi connectivity index (χ0n) is 9.05. The van der Waals surface area contributed by atoms with E-state index in [9.17, 15) is 4.79 Å². The summed E-state index contributed by atoms with van der Waals surface area (Å²) in [4.78, 5) is 12.6. The number of amides is 1. The van der Waals surface area contributed by atoms with Crippen molar-refractivity contribution in [2.45, 2.75) is 13.5 Å². The number of aryl methyl sites for hydroxylation is 1. The standard InChI is InChI=1S/C12H16N2O/c1-10-4-2-3-5-11(10)8-14-7-6-13-12(15)9-14/h2-5H,6-9H2,1H3,(H,13,15)/p+1. The summed E-state index contributed by atoms with van der Waals surface area (Å²) in [6.07, 6.45) is 0. The first-order chi connectivity index (χ1) is 7.25. The van der Waals surface area contributed by atoms with Crippen LogP contribution >= 0.6 is 0 Å². The van der Waals surface area contributed by atoms with Gasteiger partial charge in [0, 0.05) is 5.56 Å². The van der Waals surface area contributed by atoms with Gasteiger partial charge in [0.25, 0.3) is 5.91 Å². The van der Waals surface area contributed by atoms with Crippen molar-refractivity contribution in [1.82, 2.24) is 5.32 Å². The van der Waals surface area contributed by atoms with E-state index in [1.165, 1.54) is 16.0 Å². The smallest absolute Gasteiger partial charge is 0.275 e. The maximum Gasteiger partial charge on any atom is 0.275 e. The van der Waals surface area contributed by atoms with Gasteiger partial charge in [-0.05, 0) is 12.5 Å². The van der Waals surface area contributed by atoms with E-state index in [0.29, 0.717) is 6.54 Å². The van der Waals surface area contributed by atoms with Gasteiger partial charge >= 0.3 is 0 Å². The average molecular weight is 205 g/mol. The van der Waals surface area contributed by atoms with Crippen LogP contribution in [0.1, 0.15) is 11.1 Å². The Kier molecular flexibility index (Phi) is 3.02. The molecule has 1 unspecified atom stereocenters. The number of benzene rings is 1. The Balaban J connectivity index is 2.02. The highest BCUT2D eigenvalue weighted by Crippen LogP contribution is 2.04. The number of hydrogen-bond donors (Lipinski definition) is 2. The van der Waals surface area contributed by atoms with Crippen LogP contribution in [0.15, 0.2) is 24.3 Å². The number of hydrogen-bond acceptors (Lipinski definition) is 1. The van der Waals surface area contributed by atoms with Crippen molar-refractivity contribution in [3.8, 4) is 0 Å². The molecule has 0 radical (unpaired) electrons. The Morgan fingerprint density at radius 3 is 2.93 bits per heavy atom. The van der Waals surface area contributed by atoms with Crippen LogP contribution in [0.25, 0.3) is 0 Å². The Morgan fingerprint density at radius 2 is 2.20 bits per heavy atom. The van der Waals surface area contributed by atoms with Crippen LogP contribution in [0, 0.1) is 6.92 Å². The van der Waals surface area contributed by atoms with E-state index in [1.54, 1.807) is 0 Å². The van der Waals surface area contributed by atoms with Crippen LogP contribution in [-0.2, 0) is 11.3 Å². The lowest BCUT2D eigenvalue weighted by molar-refractivity contribution is -0.907. The predicted octanol–water partition coefficient (Wildman–Crippen LogP) is -0.490. The van der Waals surface area contributed by atoms with Crippen molar-refractivity contribution in [3.05, 3.63) is 35.4 Å². The number of carbonyl (C=O) groups is 1. The third kappa shape index (κ3) is 2.57. The minimum atomic E-state index is 0.171. The lowest BCUT2D eigenvalue weighted by Gasteiger charge is -2.24. The molecule has 0 aromatic heterocycles. The van der Waals surface area contributed by atoms with Gasteiger partial charge in [-0.1, -0.05) is 24.3 Å². The van der Waals surface area contributed by atoms with Crippen LogP contribution in [0.2, 0.25) is 0 Å². The van der Waals surface area contributed by atoms with Gasteiger partial charge in [-0.15, -0.1) is 0 Å². The van der Waals surface area contributed by atoms with Crippen molar-refractivity contribution in [1.29, 1.82) is 0 Å². The molecule has 1 fully saturated rings. The van der Waals surface area contributed by atoms with Crippen molar-refractivity contribution in [2.24, 2.45) is 0 Å². The summed E-state index contributed by atoms with van der Waals surface area (Å²) in [5, 5.41) is 2.85. The summed E-state index contributed by atoms with van der Waals surface area (Å²) in [5.74, 6) is 0.171. The van der Waals surface area contributed by atoms with Crippen molar-refractivity contribution < 1.29 is 9.69 Å². The SMILES string of the molecule is Cc1ccccc1C[NH+]1CCNC(=O)C1. The second kappa shape index (κ2) is 4.45. The highest BCUT2D eigenvalue weighted by molar-refractivity contribution is 5.77. The van der Waals surface area contributed by atoms with Crippen molar-refractivity contribution in [3.63, 3.8) is 0 Å². The van der Waals surface area contributed by atoms with Gasteiger partial charge < -0.3 is 10.2 Å². The van der Waals surface area contributed by atoms with E-state index < -0.39 is 0 Å². The fraction of sp³-hybridized carbons (Fsp3) is 0.417. The Hall–Kier alpha value is -1.35. The number of piperazine rings is 1. The van der Waals surface area contributed by atoms with Crippen LogP contribution in [0.3, 0.4) is 0 Å². The summed E-state index contributed by atoms with van der Waals surface area (Å²) >= 11 is 0. The van der Waals surface area contributed by atoms with Crippen molar-refractivity contribution in [2.75, 3.05) is 19.6 Å². The lowest BCUT2D eigenvalue weighted by Crippen LogP contribution is -3.14. The summed E-state index contributed by atoms with van der Waals surface area (Å²) in [6, 6.07) is 8.39. The zero-order valence-corrected chi connectivity index (χ0v) is 9.05. The second-order valence-electron chi connectivity index (χ2n) is 4.13. The first-order valence-electron chi connectivity index (χ1n) is 5.40. The minimum absolute atomic E-state index is 0.171. The Morgan fingerprint density at radius 1 is 1.40 bits per heavy atom. The van der Waals surface area contributed by atoms with Gasteiger partial charge in [-0.3, -0.25) is 4.79 Å². The van der Waals surface area contributed by atoms with Crippen molar-refractivity contribution >= 4 is 5.91 Å². The highest BCUT2D eigenvalue weighted by atomic mass is 16.2. The molecule has 1 amide bonds. The molecule has 0 aliphatic carbocycles. The minimum Gasteiger partial charge on any atom is -0.346 e. The summed E-state index contributed by atoms with van der Waals surface area (Å²) in [5.41, 5.74) is 2.66. The molecule has 1 aromatic rings. The number of carbonyl (C=O) groups excluding carboxylic acids is 1. The molecular formula is C12H17N2O+. The van der Waals surface area contributed by atoms with Crippen LogP contribution < -0.4 is 10.2 Å². The molecule has 2 rings (SSSR count). The van der Waals surface area contributed by atoms with Gasteiger partial charge in [0.15, 0.2) is 6.54 Å². The third-order valence-electron chi connectivity index (χ3n) is 2.91. The molecule has 2 N–H and O–H groups in total. The van der Waals surface area contributed by atoms with E-state index in [4.69, 9.17) is 0 Å². The Bertz CT molecular complexity index is 362. The molecule has 1 saturated heterocycles. The maximum absolute atomic E-state index is 11.2. The fourth-order valence-corrected chi connectivity index (χ4v) is 1.99. The molecule has 15 heavy (non-hydrogen) atoms. The molecule has 1 aromatic carbocycles. The van der Waals surface area contributed by atoms with Gasteiger partial charge in [-0.2, -0.15) is 0 Å². The van der Waals surface area contributed by atoms with Gasteiger partial charge in [-0.25, -0.2) is 0 Å². The molecule has 0 bridgehead atoms. The number of quaternary nitrogens is 1. The first-order valence-corrected chi connectivity index (χ1v) is 5.40. The molecule has 3 nitrogen and oxygen atoms in total. The highest BCUT2D eigenvalue weighted by Gasteiger charge is 2.19. The summed E-state index contributed by atoms with van der Waals surface area (Å²) < 4.78 is 0. The normalized spacial score (nSPS) is 21.1. The molecule has 80 valence electrons. The molecule has 1 heterocycles. The average Bonchev–Trinajstić information content (AvgIpc) is 2.22. The molecule has 0 spiro atoms. The summed E-state index contributed by atoms with van der Waals surface area (Å²) in [7, 11) is 0. The van der Waals surface area contributed by atoms with Gasteiger partial charge in [0.2, 0.25) is 0 Å². The lowest BCUT2D eigenvalue weighted by atomic mass is 10.1. The van der Waals surface area contributed by atoms with Gasteiger partial charge in [0.05, 0.1) is 13.1 Å². The molecule has 1 atom stereocenters. The predicted molar refractivity (Wildman–Crippen MR) is 58.6 cm³/mol. The number of rotatable bonds is 2. The van der Waals surface area contributed by atoms with Crippen LogP contribution in [0.4, 0.5) is 0 Å². The van der Waals surface area contributed by atoms with Gasteiger partial charge in [0.1, 0.15) is 6.54 Å². The van der Waals surface area contributed by atoms with Crippen LogP contribution in [-0.4, -0.2) is 25.5 Å². The summed E-state index contributed by atoms with van der Waals surface area (Å²) in [6.45, 7) is 5.52. The van der Waals surface area contributed by atoms with E-state index in [0.717, 1.165) is 19.6 Å². The molecule has 3 heteroatoms. The number of nitrogens with one attached hydrogen (secondary N) is 2. The van der Waals surface area contributed by atoms with E-state index in [1.807, 2.05) is 0 Å². The van der Waals surface area contributed by atoms with E-state index in [-0.39, 0.29) is 5.91 Å². The molecule has 1 aliphatic rings. The first kappa shape index (κ1) is 10.2. The molecule has 0 saturated carbocycles. The largest absolute Gasteiger partial charge is 0.346 e. The quantitative estimate of drug-likeness (QED) is 0.671. The third-order valence-corrected chi connectivity index (χ3v) is 2.91. The fourth-order valence-electron chi connectivity index (χ4n) is 1.99. The monoisotopic (exact) mass is 205 g/mol. The molecule has 1 aliphatic heterocycles. The topological polar surface area (TPSA) is 33.5 Å². The van der Waals surface area contributed by atoms with E-state index >= 15 is 0 Å². The second-order valence-corrected chi connectivity index (χ2v) is 4.13. The van der Waals surface area contributed by atoms with E-state index in [2.05, 4.69) is 36.5 Å².